The molecule has 0 saturated carbocycles. The molecule has 0 saturated heterocycles. The highest BCUT2D eigenvalue weighted by Crippen LogP contribution is 2.30. The van der Waals surface area contributed by atoms with Crippen molar-refractivity contribution in [2.45, 2.75) is 52.9 Å². The van der Waals surface area contributed by atoms with E-state index in [1.807, 2.05) is 49.4 Å². The van der Waals surface area contributed by atoms with Gasteiger partial charge in [-0.3, -0.25) is 9.59 Å². The second kappa shape index (κ2) is 9.57. The van der Waals surface area contributed by atoms with Crippen LogP contribution in [0.1, 0.15) is 52.0 Å². The predicted octanol–water partition coefficient (Wildman–Crippen LogP) is 6.65. The average molecular weight is 468 g/mol. The number of aromatic nitrogens is 2. The van der Waals surface area contributed by atoms with Crippen molar-refractivity contribution in [3.8, 4) is 0 Å². The molecule has 2 heterocycles. The summed E-state index contributed by atoms with van der Waals surface area (Å²) in [6, 6.07) is 15.4. The summed E-state index contributed by atoms with van der Waals surface area (Å²) in [4.78, 5) is 36.8. The molecular formula is C30H33N3O2. The van der Waals surface area contributed by atoms with E-state index in [1.54, 1.807) is 0 Å². The predicted molar refractivity (Wildman–Crippen MR) is 149 cm³/mol. The van der Waals surface area contributed by atoms with Crippen LogP contribution in [0.5, 0.6) is 0 Å². The largest absolute Gasteiger partial charge is 0.370 e. The Kier molecular flexibility index (Phi) is 6.33. The number of unbranched alkanes of at least 4 members (excludes halogenated alkanes) is 2. The number of H-pyrrole nitrogens is 2. The summed E-state index contributed by atoms with van der Waals surface area (Å²) in [5.74, 6) is 0. The van der Waals surface area contributed by atoms with Gasteiger partial charge in [-0.2, -0.15) is 0 Å². The Labute approximate surface area is 204 Å². The number of fused-ring (bicyclic) bond motifs is 4. The van der Waals surface area contributed by atoms with Crippen molar-refractivity contribution in [2.24, 2.45) is 0 Å². The number of aromatic amines is 2. The van der Waals surface area contributed by atoms with Gasteiger partial charge in [-0.25, -0.2) is 0 Å². The Morgan fingerprint density at radius 1 is 0.714 bits per heavy atom. The van der Waals surface area contributed by atoms with Gasteiger partial charge < -0.3 is 14.9 Å². The molecule has 0 spiro atoms. The fourth-order valence-electron chi connectivity index (χ4n) is 5.29. The van der Waals surface area contributed by atoms with Gasteiger partial charge in [0.15, 0.2) is 10.9 Å². The van der Waals surface area contributed by atoms with Gasteiger partial charge >= 0.3 is 0 Å². The molecule has 0 aliphatic rings. The first kappa shape index (κ1) is 23.2. The zero-order valence-corrected chi connectivity index (χ0v) is 20.8. The van der Waals surface area contributed by atoms with Crippen LogP contribution in [0.15, 0.2) is 58.1 Å². The van der Waals surface area contributed by atoms with Gasteiger partial charge in [0, 0.05) is 34.8 Å². The smallest absolute Gasteiger partial charge is 0.197 e. The lowest BCUT2D eigenvalue weighted by atomic mass is 9.97. The van der Waals surface area contributed by atoms with Crippen LogP contribution >= 0.6 is 0 Å². The number of hydrogen-bond donors (Lipinski definition) is 2. The van der Waals surface area contributed by atoms with Gasteiger partial charge in [0.2, 0.25) is 0 Å². The summed E-state index contributed by atoms with van der Waals surface area (Å²) in [6.45, 7) is 8.37. The van der Waals surface area contributed by atoms with Gasteiger partial charge in [-0.1, -0.05) is 51.8 Å². The summed E-state index contributed by atoms with van der Waals surface area (Å²) >= 11 is 0. The Morgan fingerprint density at radius 2 is 1.43 bits per heavy atom. The number of anilines is 1. The number of rotatable bonds is 8. The van der Waals surface area contributed by atoms with Gasteiger partial charge in [0.25, 0.3) is 0 Å². The molecule has 5 heteroatoms. The van der Waals surface area contributed by atoms with Crippen LogP contribution in [-0.4, -0.2) is 23.1 Å². The standard InChI is InChI=1S/C30H33N3O2/c1-4-7-16-33(17-8-5-2)25-15-11-13-21-28(25)32-27-19(6-3)26-24(18-22(27)29(21)34)31-23-14-10-9-12-20(23)30(26)35/h9-15,18H,4-8,16-17H2,1-3H3,(H,31,35)(H,32,34). The summed E-state index contributed by atoms with van der Waals surface area (Å²) < 4.78 is 0. The van der Waals surface area contributed by atoms with Crippen molar-refractivity contribution < 1.29 is 0 Å². The molecule has 2 N–H and O–H groups in total. The molecule has 0 aliphatic heterocycles. The summed E-state index contributed by atoms with van der Waals surface area (Å²) in [6.07, 6.45) is 5.09. The minimum atomic E-state index is 0.00661. The average Bonchev–Trinajstić information content (AvgIpc) is 2.88. The number of nitrogens with zero attached hydrogens (tertiary/aromatic N) is 1. The monoisotopic (exact) mass is 467 g/mol. The first-order valence-electron chi connectivity index (χ1n) is 12.9. The van der Waals surface area contributed by atoms with Crippen LogP contribution in [0.2, 0.25) is 0 Å². The molecule has 35 heavy (non-hydrogen) atoms. The molecule has 5 aromatic rings. The number of para-hydroxylation sites is 2. The molecule has 0 amide bonds. The van der Waals surface area contributed by atoms with E-state index in [4.69, 9.17) is 0 Å². The maximum Gasteiger partial charge on any atom is 0.197 e. The quantitative estimate of drug-likeness (QED) is 0.251. The van der Waals surface area contributed by atoms with E-state index in [0.29, 0.717) is 33.5 Å². The van der Waals surface area contributed by atoms with Crippen molar-refractivity contribution in [1.82, 2.24) is 9.97 Å². The lowest BCUT2D eigenvalue weighted by molar-refractivity contribution is 0.679. The molecule has 0 aliphatic carbocycles. The van der Waals surface area contributed by atoms with Crippen molar-refractivity contribution in [3.63, 3.8) is 0 Å². The van der Waals surface area contributed by atoms with Crippen LogP contribution in [0.4, 0.5) is 5.69 Å². The topological polar surface area (TPSA) is 69.0 Å². The first-order valence-corrected chi connectivity index (χ1v) is 12.9. The highest BCUT2D eigenvalue weighted by atomic mass is 16.1. The number of pyridine rings is 2. The molecule has 5 nitrogen and oxygen atoms in total. The number of aryl methyl sites for hydroxylation is 1. The van der Waals surface area contributed by atoms with Gasteiger partial charge in [0.1, 0.15) is 0 Å². The van der Waals surface area contributed by atoms with Crippen LogP contribution in [0.25, 0.3) is 43.6 Å². The summed E-state index contributed by atoms with van der Waals surface area (Å²) in [7, 11) is 0. The van der Waals surface area contributed by atoms with E-state index >= 15 is 0 Å². The SMILES string of the molecule is CCCCN(CCCC)c1cccc2c(=O)c3cc4[nH]c5ccccc5c(=O)c4c(CC)c3[nH]c12. The van der Waals surface area contributed by atoms with Crippen molar-refractivity contribution in [3.05, 3.63) is 74.5 Å². The van der Waals surface area contributed by atoms with Crippen LogP contribution in [-0.2, 0) is 6.42 Å². The number of hydrogen-bond acceptors (Lipinski definition) is 3. The van der Waals surface area contributed by atoms with E-state index in [2.05, 4.69) is 34.8 Å². The second-order valence-corrected chi connectivity index (χ2v) is 9.40. The third-order valence-corrected chi connectivity index (χ3v) is 7.14. The first-order chi connectivity index (χ1) is 17.1. The van der Waals surface area contributed by atoms with Gasteiger partial charge in [0.05, 0.1) is 27.6 Å². The van der Waals surface area contributed by atoms with Crippen LogP contribution < -0.4 is 15.8 Å². The third-order valence-electron chi connectivity index (χ3n) is 7.14. The Morgan fingerprint density at radius 3 is 2.14 bits per heavy atom. The second-order valence-electron chi connectivity index (χ2n) is 9.40. The molecule has 0 radical (unpaired) electrons. The Bertz CT molecular complexity index is 1650. The van der Waals surface area contributed by atoms with Crippen LogP contribution in [0.3, 0.4) is 0 Å². The minimum Gasteiger partial charge on any atom is -0.370 e. The molecule has 180 valence electrons. The molecule has 0 atom stereocenters. The van der Waals surface area contributed by atoms with Crippen molar-refractivity contribution in [2.75, 3.05) is 18.0 Å². The van der Waals surface area contributed by atoms with E-state index < -0.39 is 0 Å². The van der Waals surface area contributed by atoms with E-state index in [-0.39, 0.29) is 10.9 Å². The number of benzene rings is 3. The molecule has 0 unspecified atom stereocenters. The van der Waals surface area contributed by atoms with Gasteiger partial charge in [-0.15, -0.1) is 0 Å². The molecular weight excluding hydrogens is 434 g/mol. The lowest BCUT2D eigenvalue weighted by Gasteiger charge is -2.26. The molecule has 2 aromatic heterocycles. The highest BCUT2D eigenvalue weighted by Gasteiger charge is 2.18. The Balaban J connectivity index is 1.87. The summed E-state index contributed by atoms with van der Waals surface area (Å²) in [5, 5.41) is 2.65. The van der Waals surface area contributed by atoms with E-state index in [1.165, 1.54) is 0 Å². The number of nitrogens with one attached hydrogen (secondary N) is 2. The maximum absolute atomic E-state index is 13.8. The van der Waals surface area contributed by atoms with Crippen LogP contribution in [0, 0.1) is 0 Å². The van der Waals surface area contributed by atoms with Gasteiger partial charge in [-0.05, 0) is 55.2 Å². The normalized spacial score (nSPS) is 11.7. The maximum atomic E-state index is 13.8. The highest BCUT2D eigenvalue weighted by molar-refractivity contribution is 6.07. The summed E-state index contributed by atoms with van der Waals surface area (Å²) in [5.41, 5.74) is 5.12. The zero-order chi connectivity index (χ0) is 24.5. The van der Waals surface area contributed by atoms with Crippen molar-refractivity contribution >= 4 is 49.3 Å². The fraction of sp³-hybridized carbons (Fsp3) is 0.333. The molecule has 5 rings (SSSR count). The fourth-order valence-corrected chi connectivity index (χ4v) is 5.29. The Hall–Kier alpha value is -3.60. The zero-order valence-electron chi connectivity index (χ0n) is 20.8. The van der Waals surface area contributed by atoms with E-state index in [0.717, 1.165) is 66.6 Å². The molecule has 0 bridgehead atoms. The van der Waals surface area contributed by atoms with E-state index in [9.17, 15) is 9.59 Å². The van der Waals surface area contributed by atoms with Crippen molar-refractivity contribution in [1.29, 1.82) is 0 Å². The molecule has 3 aromatic carbocycles. The molecule has 0 fully saturated rings. The third kappa shape index (κ3) is 3.89. The lowest BCUT2D eigenvalue weighted by Crippen LogP contribution is -2.26. The minimum absolute atomic E-state index is 0.00661.